The van der Waals surface area contributed by atoms with Crippen LogP contribution in [0, 0.1) is 5.92 Å². The molecule has 2 rings (SSSR count). The van der Waals surface area contributed by atoms with Gasteiger partial charge in [-0.05, 0) is 29.9 Å². The Morgan fingerprint density at radius 1 is 1.32 bits per heavy atom. The van der Waals surface area contributed by atoms with E-state index >= 15 is 0 Å². The molecule has 0 spiro atoms. The quantitative estimate of drug-likeness (QED) is 0.886. The molecular weight excluding hydrogens is 238 g/mol. The van der Waals surface area contributed by atoms with Crippen molar-refractivity contribution in [1.29, 1.82) is 0 Å². The number of hydrogen-bond donors (Lipinski definition) is 1. The average Bonchev–Trinajstić information content (AvgIpc) is 2.39. The maximum Gasteiger partial charge on any atom is 0.229 e. The van der Waals surface area contributed by atoms with Crippen LogP contribution < -0.4 is 5.32 Å². The number of rotatable bonds is 2. The second kappa shape index (κ2) is 5.74. The molecule has 0 aromatic heterocycles. The van der Waals surface area contributed by atoms with E-state index in [4.69, 9.17) is 4.74 Å². The van der Waals surface area contributed by atoms with E-state index < -0.39 is 0 Å². The fourth-order valence-electron chi connectivity index (χ4n) is 2.43. The Hall–Kier alpha value is -1.35. The molecule has 0 radical (unpaired) electrons. The van der Waals surface area contributed by atoms with Crippen LogP contribution in [0.25, 0.3) is 0 Å². The van der Waals surface area contributed by atoms with Gasteiger partial charge in [0.25, 0.3) is 0 Å². The van der Waals surface area contributed by atoms with Crippen molar-refractivity contribution in [2.75, 3.05) is 18.5 Å². The van der Waals surface area contributed by atoms with Crippen LogP contribution in [0.5, 0.6) is 0 Å². The smallest absolute Gasteiger partial charge is 0.229 e. The molecule has 1 heterocycles. The lowest BCUT2D eigenvalue weighted by atomic mass is 9.85. The first-order chi connectivity index (χ1) is 8.98. The van der Waals surface area contributed by atoms with Crippen LogP contribution in [0.1, 0.15) is 39.2 Å². The minimum Gasteiger partial charge on any atom is -0.381 e. The number of carbonyl (C=O) groups is 1. The predicted molar refractivity (Wildman–Crippen MR) is 77.3 cm³/mol. The molecule has 3 nitrogen and oxygen atoms in total. The molecule has 1 unspecified atom stereocenters. The van der Waals surface area contributed by atoms with E-state index in [9.17, 15) is 4.79 Å². The van der Waals surface area contributed by atoms with Crippen molar-refractivity contribution in [2.45, 2.75) is 39.0 Å². The van der Waals surface area contributed by atoms with Crippen molar-refractivity contribution in [3.8, 4) is 0 Å². The van der Waals surface area contributed by atoms with Crippen LogP contribution in [0.15, 0.2) is 24.3 Å². The molecule has 1 N–H and O–H groups in total. The lowest BCUT2D eigenvalue weighted by Crippen LogP contribution is -2.31. The Labute approximate surface area is 115 Å². The van der Waals surface area contributed by atoms with Gasteiger partial charge < -0.3 is 10.1 Å². The van der Waals surface area contributed by atoms with Gasteiger partial charge in [-0.3, -0.25) is 4.79 Å². The van der Waals surface area contributed by atoms with Crippen molar-refractivity contribution in [1.82, 2.24) is 0 Å². The fraction of sp³-hybridized carbons (Fsp3) is 0.562. The van der Waals surface area contributed by atoms with Crippen molar-refractivity contribution in [2.24, 2.45) is 5.92 Å². The highest BCUT2D eigenvalue weighted by molar-refractivity contribution is 5.93. The Morgan fingerprint density at radius 3 is 2.68 bits per heavy atom. The van der Waals surface area contributed by atoms with E-state index in [0.29, 0.717) is 6.61 Å². The highest BCUT2D eigenvalue weighted by Gasteiger charge is 2.24. The highest BCUT2D eigenvalue weighted by atomic mass is 16.5. The van der Waals surface area contributed by atoms with Crippen molar-refractivity contribution in [3.05, 3.63) is 29.8 Å². The molecule has 1 aromatic carbocycles. The molecule has 19 heavy (non-hydrogen) atoms. The van der Waals surface area contributed by atoms with E-state index in [0.717, 1.165) is 25.1 Å². The standard InChI is InChI=1S/C16H23NO2/c1-16(2,3)13-8-4-5-9-14(13)17-15(18)12-7-6-10-19-11-12/h4-5,8-9,12H,6-7,10-11H2,1-3H3,(H,17,18). The normalized spacial score (nSPS) is 20.1. The highest BCUT2D eigenvalue weighted by Crippen LogP contribution is 2.29. The van der Waals surface area contributed by atoms with Crippen LogP contribution in [-0.2, 0) is 14.9 Å². The van der Waals surface area contributed by atoms with E-state index in [-0.39, 0.29) is 17.2 Å². The number of amides is 1. The maximum atomic E-state index is 12.3. The SMILES string of the molecule is CC(C)(C)c1ccccc1NC(=O)C1CCCOC1. The lowest BCUT2D eigenvalue weighted by Gasteiger charge is -2.25. The third kappa shape index (κ3) is 3.57. The maximum absolute atomic E-state index is 12.3. The van der Waals surface area contributed by atoms with Crippen molar-refractivity contribution in [3.63, 3.8) is 0 Å². The molecule has 0 saturated carbocycles. The number of hydrogen-bond acceptors (Lipinski definition) is 2. The number of benzene rings is 1. The summed E-state index contributed by atoms with van der Waals surface area (Å²) < 4.78 is 5.38. The van der Waals surface area contributed by atoms with Crippen LogP contribution in [0.4, 0.5) is 5.69 Å². The second-order valence-corrected chi connectivity index (χ2v) is 6.20. The van der Waals surface area contributed by atoms with Crippen molar-refractivity contribution < 1.29 is 9.53 Å². The first-order valence-corrected chi connectivity index (χ1v) is 6.96. The molecule has 1 fully saturated rings. The van der Waals surface area contributed by atoms with Gasteiger partial charge in [0.05, 0.1) is 12.5 Å². The van der Waals surface area contributed by atoms with Gasteiger partial charge in [-0.25, -0.2) is 0 Å². The molecule has 0 bridgehead atoms. The molecule has 3 heteroatoms. The van der Waals surface area contributed by atoms with Crippen LogP contribution in [-0.4, -0.2) is 19.1 Å². The van der Waals surface area contributed by atoms with E-state index in [2.05, 4.69) is 32.2 Å². The molecular formula is C16H23NO2. The van der Waals surface area contributed by atoms with Gasteiger partial charge in [0.15, 0.2) is 0 Å². The Kier molecular flexibility index (Phi) is 4.25. The molecule has 104 valence electrons. The van der Waals surface area contributed by atoms with Gasteiger partial charge in [0, 0.05) is 12.3 Å². The Balaban J connectivity index is 2.12. The predicted octanol–water partition coefficient (Wildman–Crippen LogP) is 3.35. The summed E-state index contributed by atoms with van der Waals surface area (Å²) in [6, 6.07) is 8.03. The Morgan fingerprint density at radius 2 is 2.05 bits per heavy atom. The largest absolute Gasteiger partial charge is 0.381 e. The third-order valence-corrected chi connectivity index (χ3v) is 3.52. The summed E-state index contributed by atoms with van der Waals surface area (Å²) in [6.07, 6.45) is 1.89. The van der Waals surface area contributed by atoms with Gasteiger partial charge in [0.2, 0.25) is 5.91 Å². The zero-order valence-corrected chi connectivity index (χ0v) is 12.0. The number of anilines is 1. The summed E-state index contributed by atoms with van der Waals surface area (Å²) >= 11 is 0. The van der Waals surface area contributed by atoms with Gasteiger partial charge >= 0.3 is 0 Å². The summed E-state index contributed by atoms with van der Waals surface area (Å²) in [4.78, 5) is 12.3. The number of carbonyl (C=O) groups excluding carboxylic acids is 1. The fourth-order valence-corrected chi connectivity index (χ4v) is 2.43. The monoisotopic (exact) mass is 261 g/mol. The number of nitrogens with one attached hydrogen (secondary N) is 1. The summed E-state index contributed by atoms with van der Waals surface area (Å²) in [5.41, 5.74) is 2.11. The second-order valence-electron chi connectivity index (χ2n) is 6.20. The topological polar surface area (TPSA) is 38.3 Å². The minimum atomic E-state index is -0.0122. The Bertz CT molecular complexity index is 442. The summed E-state index contributed by atoms with van der Waals surface area (Å²) in [7, 11) is 0. The summed E-state index contributed by atoms with van der Waals surface area (Å²) in [6.45, 7) is 7.79. The van der Waals surface area contributed by atoms with E-state index in [1.165, 1.54) is 5.56 Å². The van der Waals surface area contributed by atoms with Gasteiger partial charge in [0.1, 0.15) is 0 Å². The molecule has 1 aliphatic rings. The van der Waals surface area contributed by atoms with Crippen LogP contribution in [0.2, 0.25) is 0 Å². The van der Waals surface area contributed by atoms with Crippen LogP contribution >= 0.6 is 0 Å². The zero-order chi connectivity index (χ0) is 13.9. The summed E-state index contributed by atoms with van der Waals surface area (Å²) in [5, 5.41) is 3.07. The molecule has 1 saturated heterocycles. The van der Waals surface area contributed by atoms with Crippen molar-refractivity contribution >= 4 is 11.6 Å². The lowest BCUT2D eigenvalue weighted by molar-refractivity contribution is -0.123. The zero-order valence-electron chi connectivity index (χ0n) is 12.0. The summed E-state index contributed by atoms with van der Waals surface area (Å²) in [5.74, 6) is 0.0678. The van der Waals surface area contributed by atoms with E-state index in [1.54, 1.807) is 0 Å². The van der Waals surface area contributed by atoms with Gasteiger partial charge in [-0.1, -0.05) is 39.0 Å². The first kappa shape index (κ1) is 14.1. The molecule has 1 atom stereocenters. The van der Waals surface area contributed by atoms with Crippen LogP contribution in [0.3, 0.4) is 0 Å². The number of para-hydroxylation sites is 1. The average molecular weight is 261 g/mol. The molecule has 1 aromatic rings. The molecule has 1 amide bonds. The first-order valence-electron chi connectivity index (χ1n) is 6.96. The van der Waals surface area contributed by atoms with Gasteiger partial charge in [-0.2, -0.15) is 0 Å². The van der Waals surface area contributed by atoms with E-state index in [1.807, 2.05) is 18.2 Å². The molecule has 1 aliphatic heterocycles. The third-order valence-electron chi connectivity index (χ3n) is 3.52. The number of ether oxygens (including phenoxy) is 1. The minimum absolute atomic E-state index is 0.0122. The van der Waals surface area contributed by atoms with Gasteiger partial charge in [-0.15, -0.1) is 0 Å². The molecule has 0 aliphatic carbocycles.